The molecule has 0 aromatic heterocycles. The summed E-state index contributed by atoms with van der Waals surface area (Å²) in [6.45, 7) is 5.59. The molecule has 0 bridgehead atoms. The van der Waals surface area contributed by atoms with Crippen LogP contribution in [0.1, 0.15) is 59.3 Å². The standard InChI is InChI=1S/C10H16O2.C2H6/c1-8(11)6-7-9-4-2-3-5-10(9)12;1-2/h9H,2-7H2,1H3;1-2H3/t9-;/m1./s1. The summed E-state index contributed by atoms with van der Waals surface area (Å²) in [5.74, 6) is 0.776. The molecule has 0 saturated heterocycles. The van der Waals surface area contributed by atoms with Crippen LogP contribution >= 0.6 is 0 Å². The van der Waals surface area contributed by atoms with Gasteiger partial charge in [-0.3, -0.25) is 4.79 Å². The van der Waals surface area contributed by atoms with E-state index in [2.05, 4.69) is 0 Å². The molecule has 1 aliphatic rings. The molecule has 0 aliphatic heterocycles. The van der Waals surface area contributed by atoms with Crippen molar-refractivity contribution in [2.24, 2.45) is 5.92 Å². The second-order valence-corrected chi connectivity index (χ2v) is 3.65. The zero-order valence-corrected chi connectivity index (χ0v) is 9.64. The number of ketones is 2. The summed E-state index contributed by atoms with van der Waals surface area (Å²) in [5, 5.41) is 0. The molecule has 0 unspecified atom stereocenters. The van der Waals surface area contributed by atoms with Crippen LogP contribution in [0.3, 0.4) is 0 Å². The summed E-state index contributed by atoms with van der Waals surface area (Å²) in [7, 11) is 0. The SMILES string of the molecule is CC.CC(=O)CC[C@H]1CCCCC1=O. The van der Waals surface area contributed by atoms with E-state index in [4.69, 9.17) is 0 Å². The Morgan fingerprint density at radius 2 is 2.00 bits per heavy atom. The van der Waals surface area contributed by atoms with E-state index >= 15 is 0 Å². The van der Waals surface area contributed by atoms with Crippen molar-refractivity contribution >= 4 is 11.6 Å². The van der Waals surface area contributed by atoms with E-state index in [1.54, 1.807) is 6.92 Å². The fourth-order valence-corrected chi connectivity index (χ4v) is 1.74. The highest BCUT2D eigenvalue weighted by atomic mass is 16.1. The Morgan fingerprint density at radius 1 is 1.36 bits per heavy atom. The summed E-state index contributed by atoms with van der Waals surface area (Å²) in [4.78, 5) is 22.0. The van der Waals surface area contributed by atoms with Crippen molar-refractivity contribution in [3.63, 3.8) is 0 Å². The maximum atomic E-state index is 11.3. The Hall–Kier alpha value is -0.660. The Labute approximate surface area is 87.1 Å². The van der Waals surface area contributed by atoms with E-state index in [0.717, 1.165) is 32.1 Å². The quantitative estimate of drug-likeness (QED) is 0.698. The van der Waals surface area contributed by atoms with Gasteiger partial charge in [-0.25, -0.2) is 0 Å². The smallest absolute Gasteiger partial charge is 0.135 e. The number of carbonyl (C=O) groups is 2. The van der Waals surface area contributed by atoms with E-state index in [0.29, 0.717) is 12.2 Å². The zero-order valence-electron chi connectivity index (χ0n) is 9.64. The average Bonchev–Trinajstić information content (AvgIpc) is 2.19. The van der Waals surface area contributed by atoms with E-state index in [1.165, 1.54) is 0 Å². The van der Waals surface area contributed by atoms with Crippen LogP contribution in [0.25, 0.3) is 0 Å². The third-order valence-corrected chi connectivity index (χ3v) is 2.53. The van der Waals surface area contributed by atoms with Gasteiger partial charge in [0.25, 0.3) is 0 Å². The summed E-state index contributed by atoms with van der Waals surface area (Å²) in [6.07, 6.45) is 5.32. The first-order valence-corrected chi connectivity index (χ1v) is 5.72. The fraction of sp³-hybridized carbons (Fsp3) is 0.833. The molecule has 0 spiro atoms. The van der Waals surface area contributed by atoms with Gasteiger partial charge in [-0.2, -0.15) is 0 Å². The van der Waals surface area contributed by atoms with Crippen LogP contribution in [0.15, 0.2) is 0 Å². The predicted octanol–water partition coefficient (Wildman–Crippen LogP) is 3.14. The summed E-state index contributed by atoms with van der Waals surface area (Å²) in [5.41, 5.74) is 0. The lowest BCUT2D eigenvalue weighted by molar-refractivity contribution is -0.125. The Balaban J connectivity index is 0.000000791. The highest BCUT2D eigenvalue weighted by Crippen LogP contribution is 2.24. The Bertz CT molecular complexity index is 185. The Morgan fingerprint density at radius 3 is 2.50 bits per heavy atom. The molecule has 82 valence electrons. The first-order chi connectivity index (χ1) is 6.70. The molecular formula is C12H22O2. The largest absolute Gasteiger partial charge is 0.300 e. The average molecular weight is 198 g/mol. The van der Waals surface area contributed by atoms with Gasteiger partial charge in [0, 0.05) is 18.8 Å². The second-order valence-electron chi connectivity index (χ2n) is 3.65. The van der Waals surface area contributed by atoms with Crippen molar-refractivity contribution in [1.82, 2.24) is 0 Å². The number of rotatable bonds is 3. The van der Waals surface area contributed by atoms with Gasteiger partial charge in [0.1, 0.15) is 11.6 Å². The van der Waals surface area contributed by atoms with E-state index in [9.17, 15) is 9.59 Å². The van der Waals surface area contributed by atoms with Crippen molar-refractivity contribution in [1.29, 1.82) is 0 Å². The first-order valence-electron chi connectivity index (χ1n) is 5.72. The van der Waals surface area contributed by atoms with Gasteiger partial charge in [0.05, 0.1) is 0 Å². The third kappa shape index (κ3) is 5.15. The highest BCUT2D eigenvalue weighted by molar-refractivity contribution is 5.82. The van der Waals surface area contributed by atoms with Crippen LogP contribution < -0.4 is 0 Å². The maximum absolute atomic E-state index is 11.3. The topological polar surface area (TPSA) is 34.1 Å². The van der Waals surface area contributed by atoms with Crippen LogP contribution in [0.5, 0.6) is 0 Å². The molecule has 0 heterocycles. The summed E-state index contributed by atoms with van der Waals surface area (Å²) < 4.78 is 0. The maximum Gasteiger partial charge on any atom is 0.135 e. The monoisotopic (exact) mass is 198 g/mol. The van der Waals surface area contributed by atoms with Gasteiger partial charge in [-0.15, -0.1) is 0 Å². The molecular weight excluding hydrogens is 176 g/mol. The number of hydrogen-bond acceptors (Lipinski definition) is 2. The molecule has 0 amide bonds. The lowest BCUT2D eigenvalue weighted by Crippen LogP contribution is -2.19. The van der Waals surface area contributed by atoms with Crippen LogP contribution in [0, 0.1) is 5.92 Å². The molecule has 1 rings (SSSR count). The first kappa shape index (κ1) is 13.3. The van der Waals surface area contributed by atoms with Gasteiger partial charge >= 0.3 is 0 Å². The zero-order chi connectivity index (χ0) is 11.0. The third-order valence-electron chi connectivity index (χ3n) is 2.53. The fourth-order valence-electron chi connectivity index (χ4n) is 1.74. The second kappa shape index (κ2) is 7.72. The molecule has 2 heteroatoms. The lowest BCUT2D eigenvalue weighted by Gasteiger charge is -2.19. The van der Waals surface area contributed by atoms with E-state index in [1.807, 2.05) is 13.8 Å². The summed E-state index contributed by atoms with van der Waals surface area (Å²) >= 11 is 0. The highest BCUT2D eigenvalue weighted by Gasteiger charge is 2.21. The van der Waals surface area contributed by atoms with Crippen molar-refractivity contribution in [3.8, 4) is 0 Å². The molecule has 1 fully saturated rings. The van der Waals surface area contributed by atoms with E-state index < -0.39 is 0 Å². The molecule has 0 aromatic carbocycles. The van der Waals surface area contributed by atoms with Crippen molar-refractivity contribution < 1.29 is 9.59 Å². The predicted molar refractivity (Wildman–Crippen MR) is 58.2 cm³/mol. The van der Waals surface area contributed by atoms with Crippen molar-refractivity contribution in [3.05, 3.63) is 0 Å². The van der Waals surface area contributed by atoms with Gasteiger partial charge in [-0.05, 0) is 26.2 Å². The summed E-state index contributed by atoms with van der Waals surface area (Å²) in [6, 6.07) is 0. The number of carbonyl (C=O) groups excluding carboxylic acids is 2. The molecule has 1 saturated carbocycles. The van der Waals surface area contributed by atoms with Gasteiger partial charge in [0.15, 0.2) is 0 Å². The Kier molecular flexibility index (Phi) is 7.35. The minimum atomic E-state index is 0.197. The van der Waals surface area contributed by atoms with Gasteiger partial charge in [-0.1, -0.05) is 20.3 Å². The molecule has 1 aliphatic carbocycles. The minimum Gasteiger partial charge on any atom is -0.300 e. The molecule has 0 radical (unpaired) electrons. The lowest BCUT2D eigenvalue weighted by atomic mass is 9.84. The van der Waals surface area contributed by atoms with E-state index in [-0.39, 0.29) is 11.7 Å². The van der Waals surface area contributed by atoms with Crippen molar-refractivity contribution in [2.75, 3.05) is 0 Å². The number of hydrogen-bond donors (Lipinski definition) is 0. The van der Waals surface area contributed by atoms with Crippen LogP contribution in [0.4, 0.5) is 0 Å². The molecule has 2 nitrogen and oxygen atoms in total. The molecule has 0 N–H and O–H groups in total. The molecule has 1 atom stereocenters. The van der Waals surface area contributed by atoms with Gasteiger partial charge < -0.3 is 4.79 Å². The normalized spacial score (nSPS) is 21.1. The van der Waals surface area contributed by atoms with Crippen LogP contribution in [-0.2, 0) is 9.59 Å². The van der Waals surface area contributed by atoms with Gasteiger partial charge in [0.2, 0.25) is 0 Å². The minimum absolute atomic E-state index is 0.197. The van der Waals surface area contributed by atoms with Crippen LogP contribution in [-0.4, -0.2) is 11.6 Å². The molecule has 14 heavy (non-hydrogen) atoms. The number of Topliss-reactive ketones (excluding diaryl/α,β-unsaturated/α-hetero) is 2. The molecule has 0 aromatic rings. The van der Waals surface area contributed by atoms with Crippen molar-refractivity contribution in [2.45, 2.75) is 59.3 Å². The van der Waals surface area contributed by atoms with Crippen LogP contribution in [0.2, 0.25) is 0 Å².